The first-order valence-electron chi connectivity index (χ1n) is 5.57. The van der Waals surface area contributed by atoms with Gasteiger partial charge in [-0.15, -0.1) is 0 Å². The first kappa shape index (κ1) is 13.7. The van der Waals surface area contributed by atoms with Gasteiger partial charge in [-0.05, 0) is 37.1 Å². The highest BCUT2D eigenvalue weighted by Crippen LogP contribution is 2.24. The highest BCUT2D eigenvalue weighted by atomic mass is 16.5. The van der Waals surface area contributed by atoms with Crippen LogP contribution >= 0.6 is 0 Å². The second-order valence-electron chi connectivity index (χ2n) is 3.79. The molecule has 4 heteroatoms. The zero-order chi connectivity index (χ0) is 12.7. The van der Waals surface area contributed by atoms with E-state index in [4.69, 9.17) is 14.6 Å². The van der Waals surface area contributed by atoms with Crippen molar-refractivity contribution in [2.75, 3.05) is 26.4 Å². The van der Waals surface area contributed by atoms with E-state index in [9.17, 15) is 4.79 Å². The Morgan fingerprint density at radius 2 is 1.82 bits per heavy atom. The van der Waals surface area contributed by atoms with Gasteiger partial charge in [-0.2, -0.15) is 0 Å². The second-order valence-corrected chi connectivity index (χ2v) is 3.79. The summed E-state index contributed by atoms with van der Waals surface area (Å²) >= 11 is 0. The van der Waals surface area contributed by atoms with Gasteiger partial charge in [-0.3, -0.25) is 4.79 Å². The van der Waals surface area contributed by atoms with Gasteiger partial charge in [-0.25, -0.2) is 0 Å². The summed E-state index contributed by atoms with van der Waals surface area (Å²) in [6.07, 6.45) is 0.828. The van der Waals surface area contributed by atoms with E-state index < -0.39 is 0 Å². The smallest absolute Gasteiger partial charge is 0.150 e. The molecule has 0 fully saturated rings. The number of carbonyl (C=O) groups is 1. The Balaban J connectivity index is 2.56. The van der Waals surface area contributed by atoms with Crippen molar-refractivity contribution in [3.05, 3.63) is 28.8 Å². The van der Waals surface area contributed by atoms with Crippen molar-refractivity contribution >= 4 is 6.29 Å². The lowest BCUT2D eigenvalue weighted by atomic mass is 10.1. The maximum Gasteiger partial charge on any atom is 0.150 e. The van der Waals surface area contributed by atoms with Gasteiger partial charge in [0.15, 0.2) is 0 Å². The molecule has 1 N–H and O–H groups in total. The number of ether oxygens (including phenoxy) is 2. The highest BCUT2D eigenvalue weighted by molar-refractivity contribution is 5.76. The van der Waals surface area contributed by atoms with Crippen molar-refractivity contribution in [2.45, 2.75) is 13.8 Å². The Morgan fingerprint density at radius 1 is 1.18 bits per heavy atom. The highest BCUT2D eigenvalue weighted by Gasteiger charge is 2.05. The van der Waals surface area contributed by atoms with Crippen LogP contribution in [0.25, 0.3) is 0 Å². The van der Waals surface area contributed by atoms with E-state index in [-0.39, 0.29) is 6.61 Å². The van der Waals surface area contributed by atoms with Gasteiger partial charge in [-0.1, -0.05) is 0 Å². The number of aldehydes is 1. The number of hydrogen-bond acceptors (Lipinski definition) is 4. The molecule has 1 aromatic carbocycles. The normalized spacial score (nSPS) is 10.3. The molecular weight excluding hydrogens is 220 g/mol. The zero-order valence-corrected chi connectivity index (χ0v) is 10.2. The summed E-state index contributed by atoms with van der Waals surface area (Å²) < 4.78 is 10.7. The largest absolute Gasteiger partial charge is 0.491 e. The van der Waals surface area contributed by atoms with Crippen molar-refractivity contribution < 1.29 is 19.4 Å². The monoisotopic (exact) mass is 238 g/mol. The summed E-state index contributed by atoms with van der Waals surface area (Å²) in [5.74, 6) is 0.795. The first-order valence-corrected chi connectivity index (χ1v) is 5.57. The van der Waals surface area contributed by atoms with Crippen molar-refractivity contribution in [2.24, 2.45) is 0 Å². The topological polar surface area (TPSA) is 55.8 Å². The van der Waals surface area contributed by atoms with Gasteiger partial charge in [0.05, 0.1) is 19.8 Å². The van der Waals surface area contributed by atoms with E-state index in [1.54, 1.807) is 12.1 Å². The third-order valence-electron chi connectivity index (χ3n) is 2.33. The molecule has 0 atom stereocenters. The van der Waals surface area contributed by atoms with Crippen LogP contribution in [0.15, 0.2) is 12.1 Å². The lowest BCUT2D eigenvalue weighted by Gasteiger charge is -2.12. The van der Waals surface area contributed by atoms with Crippen LogP contribution in [0.1, 0.15) is 21.5 Å². The average Bonchev–Trinajstić information content (AvgIpc) is 2.31. The second kappa shape index (κ2) is 7.04. The lowest BCUT2D eigenvalue weighted by molar-refractivity contribution is 0.0702. The maximum atomic E-state index is 10.7. The maximum absolute atomic E-state index is 10.7. The minimum Gasteiger partial charge on any atom is -0.491 e. The van der Waals surface area contributed by atoms with Gasteiger partial charge in [0.2, 0.25) is 0 Å². The molecular formula is C13H18O4. The van der Waals surface area contributed by atoms with E-state index in [0.29, 0.717) is 25.4 Å². The molecule has 0 saturated carbocycles. The number of hydrogen-bond donors (Lipinski definition) is 1. The molecule has 4 nitrogen and oxygen atoms in total. The molecule has 0 bridgehead atoms. The van der Waals surface area contributed by atoms with Crippen molar-refractivity contribution in [1.82, 2.24) is 0 Å². The molecule has 0 aliphatic heterocycles. The fourth-order valence-corrected chi connectivity index (χ4v) is 1.65. The summed E-state index contributed by atoms with van der Waals surface area (Å²) in [5.41, 5.74) is 2.53. The quantitative estimate of drug-likeness (QED) is 0.578. The Bertz CT molecular complexity index is 351. The number of rotatable bonds is 7. The van der Waals surface area contributed by atoms with E-state index in [1.165, 1.54) is 0 Å². The molecule has 0 aliphatic carbocycles. The van der Waals surface area contributed by atoms with E-state index in [1.807, 2.05) is 13.8 Å². The Morgan fingerprint density at radius 3 is 2.35 bits per heavy atom. The van der Waals surface area contributed by atoms with Crippen LogP contribution in [0, 0.1) is 13.8 Å². The fourth-order valence-electron chi connectivity index (χ4n) is 1.65. The molecule has 0 saturated heterocycles. The minimum atomic E-state index is 0.0199. The molecule has 1 aromatic rings. The lowest BCUT2D eigenvalue weighted by Crippen LogP contribution is -2.10. The molecule has 0 aliphatic rings. The molecule has 0 aromatic heterocycles. The number of aryl methyl sites for hydroxylation is 2. The van der Waals surface area contributed by atoms with Gasteiger partial charge in [0.25, 0.3) is 0 Å². The summed E-state index contributed by atoms with van der Waals surface area (Å²) in [7, 11) is 0. The Hall–Kier alpha value is -1.39. The van der Waals surface area contributed by atoms with Crippen LogP contribution in [0.5, 0.6) is 5.75 Å². The van der Waals surface area contributed by atoms with Gasteiger partial charge in [0.1, 0.15) is 18.6 Å². The van der Waals surface area contributed by atoms with E-state index in [2.05, 4.69) is 0 Å². The molecule has 17 heavy (non-hydrogen) atoms. The predicted octanol–water partition coefficient (Wildman–Crippen LogP) is 1.50. The SMILES string of the molecule is Cc1cc(C=O)cc(C)c1OCCOCCO. The molecule has 0 heterocycles. The standard InChI is InChI=1S/C13H18O4/c1-10-7-12(9-15)8-11(2)13(10)17-6-5-16-4-3-14/h7-9,14H,3-6H2,1-2H3. The van der Waals surface area contributed by atoms with Gasteiger partial charge >= 0.3 is 0 Å². The van der Waals surface area contributed by atoms with Crippen molar-refractivity contribution in [1.29, 1.82) is 0 Å². The Kier molecular flexibility index (Phi) is 5.66. The van der Waals surface area contributed by atoms with Crippen LogP contribution < -0.4 is 4.74 Å². The van der Waals surface area contributed by atoms with Crippen LogP contribution in [-0.2, 0) is 4.74 Å². The van der Waals surface area contributed by atoms with Gasteiger partial charge in [0, 0.05) is 5.56 Å². The van der Waals surface area contributed by atoms with Crippen molar-refractivity contribution in [3.8, 4) is 5.75 Å². The molecule has 0 radical (unpaired) electrons. The Labute approximate surface area is 101 Å². The molecule has 94 valence electrons. The number of aliphatic hydroxyl groups is 1. The number of benzene rings is 1. The third kappa shape index (κ3) is 4.17. The first-order chi connectivity index (χ1) is 8.19. The summed E-state index contributed by atoms with van der Waals surface area (Å²) in [5, 5.41) is 8.53. The molecule has 0 amide bonds. The molecule has 0 spiro atoms. The van der Waals surface area contributed by atoms with Crippen LogP contribution in [-0.4, -0.2) is 37.8 Å². The van der Waals surface area contributed by atoms with Gasteiger partial charge < -0.3 is 14.6 Å². The zero-order valence-electron chi connectivity index (χ0n) is 10.2. The number of carbonyl (C=O) groups excluding carboxylic acids is 1. The van der Waals surface area contributed by atoms with Crippen LogP contribution in [0.4, 0.5) is 0 Å². The summed E-state index contributed by atoms with van der Waals surface area (Å²) in [4.78, 5) is 10.7. The average molecular weight is 238 g/mol. The van der Waals surface area contributed by atoms with Crippen molar-refractivity contribution in [3.63, 3.8) is 0 Å². The fraction of sp³-hybridized carbons (Fsp3) is 0.462. The molecule has 1 rings (SSSR count). The van der Waals surface area contributed by atoms with Crippen LogP contribution in [0.2, 0.25) is 0 Å². The van der Waals surface area contributed by atoms with E-state index >= 15 is 0 Å². The van der Waals surface area contributed by atoms with Crippen LogP contribution in [0.3, 0.4) is 0 Å². The third-order valence-corrected chi connectivity index (χ3v) is 2.33. The van der Waals surface area contributed by atoms with E-state index in [0.717, 1.165) is 23.2 Å². The summed E-state index contributed by atoms with van der Waals surface area (Å²) in [6.45, 7) is 5.03. The minimum absolute atomic E-state index is 0.0199. The number of aliphatic hydroxyl groups excluding tert-OH is 1. The molecule has 0 unspecified atom stereocenters. The predicted molar refractivity (Wildman–Crippen MR) is 64.7 cm³/mol. The summed E-state index contributed by atoms with van der Waals surface area (Å²) in [6, 6.07) is 3.59.